The largest absolute Gasteiger partial charge is 0.504 e. The molecule has 0 unspecified atom stereocenters. The maximum absolute atomic E-state index is 11.9. The molecule has 2 aromatic carbocycles. The molecule has 9 heteroatoms. The van der Waals surface area contributed by atoms with Crippen molar-refractivity contribution in [3.8, 4) is 17.2 Å². The molecule has 0 aliphatic carbocycles. The highest BCUT2D eigenvalue weighted by Crippen LogP contribution is 2.32. The number of halogens is 1. The summed E-state index contributed by atoms with van der Waals surface area (Å²) in [7, 11) is 1.53. The number of aromatic hydroxyl groups is 1. The maximum atomic E-state index is 11.9. The molecule has 0 fully saturated rings. The van der Waals surface area contributed by atoms with Gasteiger partial charge in [0, 0.05) is 11.8 Å². The fraction of sp³-hybridized carbons (Fsp3) is 0.211. The van der Waals surface area contributed by atoms with E-state index in [0.29, 0.717) is 32.9 Å². The average Bonchev–Trinajstić information content (AvgIpc) is 2.65. The zero-order valence-electron chi connectivity index (χ0n) is 15.4. The second-order valence-corrected chi connectivity index (χ2v) is 6.69. The number of hydrogen-bond donors (Lipinski definition) is 3. The Morgan fingerprint density at radius 3 is 2.75 bits per heavy atom. The van der Waals surface area contributed by atoms with Crippen LogP contribution in [0.5, 0.6) is 17.2 Å². The lowest BCUT2D eigenvalue weighted by atomic mass is 10.2. The molecular formula is C19H20IN3O5. The normalized spacial score (nSPS) is 10.5. The van der Waals surface area contributed by atoms with Crippen molar-refractivity contribution in [2.24, 2.45) is 5.10 Å². The van der Waals surface area contributed by atoms with Gasteiger partial charge in [0.15, 0.2) is 11.5 Å². The third kappa shape index (κ3) is 6.41. The highest BCUT2D eigenvalue weighted by molar-refractivity contribution is 14.1. The van der Waals surface area contributed by atoms with E-state index in [1.165, 1.54) is 13.3 Å². The van der Waals surface area contributed by atoms with E-state index in [1.807, 2.05) is 29.5 Å². The van der Waals surface area contributed by atoms with Crippen LogP contribution in [0.25, 0.3) is 0 Å². The molecule has 0 aliphatic rings. The van der Waals surface area contributed by atoms with Gasteiger partial charge >= 0.3 is 0 Å². The van der Waals surface area contributed by atoms with Crippen LogP contribution in [-0.2, 0) is 9.59 Å². The smallest absolute Gasteiger partial charge is 0.249 e. The molecule has 0 heterocycles. The van der Waals surface area contributed by atoms with Crippen LogP contribution in [0.2, 0.25) is 0 Å². The summed E-state index contributed by atoms with van der Waals surface area (Å²) in [6.07, 6.45) is 1.02. The highest BCUT2D eigenvalue weighted by Gasteiger charge is 2.10. The summed E-state index contributed by atoms with van der Waals surface area (Å²) in [5, 5.41) is 16.4. The maximum Gasteiger partial charge on any atom is 0.249 e. The summed E-state index contributed by atoms with van der Waals surface area (Å²) < 4.78 is 11.0. The van der Waals surface area contributed by atoms with Gasteiger partial charge in [0.1, 0.15) is 12.2 Å². The van der Waals surface area contributed by atoms with Crippen LogP contribution >= 0.6 is 22.6 Å². The van der Waals surface area contributed by atoms with E-state index < -0.39 is 11.8 Å². The summed E-state index contributed by atoms with van der Waals surface area (Å²) >= 11 is 1.97. The van der Waals surface area contributed by atoms with E-state index in [0.717, 1.165) is 0 Å². The minimum absolute atomic E-state index is 0.0536. The topological polar surface area (TPSA) is 109 Å². The van der Waals surface area contributed by atoms with Crippen LogP contribution in [-0.4, -0.2) is 36.9 Å². The Bertz CT molecular complexity index is 886. The predicted octanol–water partition coefficient (Wildman–Crippen LogP) is 2.88. The zero-order chi connectivity index (χ0) is 20.5. The van der Waals surface area contributed by atoms with E-state index in [-0.39, 0.29) is 12.2 Å². The Labute approximate surface area is 176 Å². The van der Waals surface area contributed by atoms with Gasteiger partial charge in [-0.3, -0.25) is 9.59 Å². The lowest BCUT2D eigenvalue weighted by molar-refractivity contribution is -0.126. The first kappa shape index (κ1) is 21.5. The molecule has 28 heavy (non-hydrogen) atoms. The number of anilines is 1. The summed E-state index contributed by atoms with van der Waals surface area (Å²) in [5.41, 5.74) is 3.46. The predicted molar refractivity (Wildman–Crippen MR) is 114 cm³/mol. The van der Waals surface area contributed by atoms with Crippen molar-refractivity contribution in [2.75, 3.05) is 19.0 Å². The number of nitrogens with one attached hydrogen (secondary N) is 2. The summed E-state index contributed by atoms with van der Waals surface area (Å²) in [6, 6.07) is 10.1. The number of benzene rings is 2. The van der Waals surface area contributed by atoms with Crippen molar-refractivity contribution in [2.45, 2.75) is 13.3 Å². The lowest BCUT2D eigenvalue weighted by Crippen LogP contribution is -2.24. The second-order valence-electron chi connectivity index (χ2n) is 5.53. The SMILES string of the molecule is CCOc1cc(/C=N/NC(=O)CC(=O)Nc2cccc(OC)c2)cc(I)c1O. The quantitative estimate of drug-likeness (QED) is 0.225. The van der Waals surface area contributed by atoms with Crippen molar-refractivity contribution in [1.82, 2.24) is 5.43 Å². The van der Waals surface area contributed by atoms with Crippen molar-refractivity contribution in [1.29, 1.82) is 0 Å². The van der Waals surface area contributed by atoms with E-state index in [9.17, 15) is 14.7 Å². The molecule has 0 aromatic heterocycles. The van der Waals surface area contributed by atoms with E-state index in [1.54, 1.807) is 36.4 Å². The van der Waals surface area contributed by atoms with Crippen LogP contribution < -0.4 is 20.2 Å². The van der Waals surface area contributed by atoms with Gasteiger partial charge in [-0.15, -0.1) is 0 Å². The molecule has 0 aliphatic heterocycles. The molecular weight excluding hydrogens is 477 g/mol. The van der Waals surface area contributed by atoms with Gasteiger partial charge in [0.2, 0.25) is 11.8 Å². The molecule has 3 N–H and O–H groups in total. The number of amides is 2. The van der Waals surface area contributed by atoms with Gasteiger partial charge in [0.25, 0.3) is 0 Å². The lowest BCUT2D eigenvalue weighted by Gasteiger charge is -2.08. The third-order valence-electron chi connectivity index (χ3n) is 3.43. The van der Waals surface area contributed by atoms with E-state index in [4.69, 9.17) is 9.47 Å². The number of rotatable bonds is 8. The van der Waals surface area contributed by atoms with Gasteiger partial charge in [0.05, 0.1) is 23.5 Å². The molecule has 2 rings (SSSR count). The molecule has 0 saturated carbocycles. The fourth-order valence-corrected chi connectivity index (χ4v) is 2.83. The number of ether oxygens (including phenoxy) is 2. The standard InChI is InChI=1S/C19H20IN3O5/c1-3-28-16-8-12(7-15(20)19(16)26)11-21-23-18(25)10-17(24)22-13-5-4-6-14(9-13)27-2/h4-9,11,26H,3,10H2,1-2H3,(H,22,24)(H,23,25)/b21-11+. The molecule has 0 atom stereocenters. The number of hydrazone groups is 1. The Kier molecular flexibility index (Phi) is 8.05. The number of phenolic OH excluding ortho intramolecular Hbond substituents is 1. The van der Waals surface area contributed by atoms with Gasteiger partial charge in [-0.05, 0) is 59.3 Å². The van der Waals surface area contributed by atoms with Crippen LogP contribution in [0.4, 0.5) is 5.69 Å². The number of carbonyl (C=O) groups is 2. The highest BCUT2D eigenvalue weighted by atomic mass is 127. The van der Waals surface area contributed by atoms with Crippen LogP contribution in [0.3, 0.4) is 0 Å². The van der Waals surface area contributed by atoms with Crippen molar-refractivity contribution >= 4 is 46.3 Å². The van der Waals surface area contributed by atoms with Gasteiger partial charge < -0.3 is 19.9 Å². The number of hydrogen-bond acceptors (Lipinski definition) is 6. The van der Waals surface area contributed by atoms with Crippen LogP contribution in [0.15, 0.2) is 41.5 Å². The molecule has 0 radical (unpaired) electrons. The van der Waals surface area contributed by atoms with Crippen LogP contribution in [0.1, 0.15) is 18.9 Å². The summed E-state index contributed by atoms with van der Waals surface area (Å²) in [4.78, 5) is 23.8. The summed E-state index contributed by atoms with van der Waals surface area (Å²) in [5.74, 6) is -0.0478. The average molecular weight is 497 g/mol. The Morgan fingerprint density at radius 1 is 1.25 bits per heavy atom. The second kappa shape index (κ2) is 10.5. The Balaban J connectivity index is 1.90. The first-order chi connectivity index (χ1) is 13.4. The van der Waals surface area contributed by atoms with E-state index in [2.05, 4.69) is 15.8 Å². The molecule has 2 amide bonds. The minimum atomic E-state index is -0.560. The van der Waals surface area contributed by atoms with Gasteiger partial charge in [-0.1, -0.05) is 6.07 Å². The minimum Gasteiger partial charge on any atom is -0.504 e. The molecule has 2 aromatic rings. The third-order valence-corrected chi connectivity index (χ3v) is 4.25. The Morgan fingerprint density at radius 2 is 2.04 bits per heavy atom. The van der Waals surface area contributed by atoms with Gasteiger partial charge in [-0.25, -0.2) is 5.43 Å². The van der Waals surface area contributed by atoms with E-state index >= 15 is 0 Å². The molecule has 148 valence electrons. The number of carbonyl (C=O) groups excluding carboxylic acids is 2. The number of methoxy groups -OCH3 is 1. The first-order valence-electron chi connectivity index (χ1n) is 8.34. The molecule has 8 nitrogen and oxygen atoms in total. The van der Waals surface area contributed by atoms with Crippen molar-refractivity contribution < 1.29 is 24.2 Å². The van der Waals surface area contributed by atoms with Crippen LogP contribution in [0, 0.1) is 3.57 Å². The Hall–Kier alpha value is -2.82. The molecule has 0 saturated heterocycles. The summed E-state index contributed by atoms with van der Waals surface area (Å²) in [6.45, 7) is 2.22. The monoisotopic (exact) mass is 497 g/mol. The molecule has 0 spiro atoms. The fourth-order valence-electron chi connectivity index (χ4n) is 2.20. The molecule has 0 bridgehead atoms. The first-order valence-corrected chi connectivity index (χ1v) is 9.42. The number of nitrogens with zero attached hydrogens (tertiary/aromatic N) is 1. The van der Waals surface area contributed by atoms with Crippen molar-refractivity contribution in [3.63, 3.8) is 0 Å². The zero-order valence-corrected chi connectivity index (χ0v) is 17.5. The van der Waals surface area contributed by atoms with Gasteiger partial charge in [-0.2, -0.15) is 5.10 Å². The number of phenols is 1. The van der Waals surface area contributed by atoms with Crippen molar-refractivity contribution in [3.05, 3.63) is 45.5 Å².